The maximum atomic E-state index is 11.7. The molecule has 1 fully saturated rings. The standard InChI is InChI=1S/C28H33N5O4/c1-5-19(13-24(29)18(3)37-20-8-10-33(11-9-20)26(35)15-34)27-23-14-25(32-28(23)31-16-30-27)22-7-6-21(36-4)12-17(22)2/h5-7,12-14,16,20,34H,1,8-11,15,29H2,2-4H3,(H,30,31,32)/b19-13+,24-18-. The number of hydrogen-bond donors (Lipinski definition) is 3. The fourth-order valence-electron chi connectivity index (χ4n) is 4.51. The topological polar surface area (TPSA) is 127 Å². The molecule has 0 spiro atoms. The van der Waals surface area contributed by atoms with Crippen LogP contribution in [-0.4, -0.2) is 63.8 Å². The largest absolute Gasteiger partial charge is 0.497 e. The fraction of sp³-hybridized carbons (Fsp3) is 0.321. The van der Waals surface area contributed by atoms with Crippen molar-refractivity contribution in [1.82, 2.24) is 19.9 Å². The van der Waals surface area contributed by atoms with Crippen molar-refractivity contribution in [2.45, 2.75) is 32.8 Å². The minimum atomic E-state index is -0.467. The number of rotatable bonds is 8. The highest BCUT2D eigenvalue weighted by atomic mass is 16.5. The van der Waals surface area contributed by atoms with Crippen molar-refractivity contribution in [3.63, 3.8) is 0 Å². The molecule has 194 valence electrons. The van der Waals surface area contributed by atoms with Crippen LogP contribution in [0.5, 0.6) is 5.75 Å². The van der Waals surface area contributed by atoms with Gasteiger partial charge in [-0.1, -0.05) is 12.7 Å². The number of aromatic amines is 1. The quantitative estimate of drug-likeness (QED) is 0.316. The van der Waals surface area contributed by atoms with Crippen molar-refractivity contribution < 1.29 is 19.4 Å². The highest BCUT2D eigenvalue weighted by Crippen LogP contribution is 2.31. The Hall–Kier alpha value is -4.11. The van der Waals surface area contributed by atoms with Crippen LogP contribution < -0.4 is 10.5 Å². The summed E-state index contributed by atoms with van der Waals surface area (Å²) in [7, 11) is 1.65. The molecule has 0 atom stereocenters. The number of nitrogens with one attached hydrogen (secondary N) is 1. The Morgan fingerprint density at radius 2 is 2.05 bits per heavy atom. The van der Waals surface area contributed by atoms with Crippen LogP contribution in [0.3, 0.4) is 0 Å². The molecule has 1 saturated heterocycles. The third-order valence-corrected chi connectivity index (χ3v) is 6.63. The Morgan fingerprint density at radius 1 is 1.30 bits per heavy atom. The van der Waals surface area contributed by atoms with E-state index in [4.69, 9.17) is 20.3 Å². The number of amides is 1. The third kappa shape index (κ3) is 5.67. The van der Waals surface area contributed by atoms with Crippen LogP contribution in [0.4, 0.5) is 0 Å². The molecule has 0 bridgehead atoms. The molecule has 3 aromatic rings. The van der Waals surface area contributed by atoms with Crippen LogP contribution in [0.1, 0.15) is 31.0 Å². The Bertz CT molecular complexity index is 1370. The van der Waals surface area contributed by atoms with E-state index >= 15 is 0 Å². The van der Waals surface area contributed by atoms with Crippen molar-refractivity contribution in [2.75, 3.05) is 26.8 Å². The van der Waals surface area contributed by atoms with Gasteiger partial charge in [-0.3, -0.25) is 4.79 Å². The zero-order chi connectivity index (χ0) is 26.5. The maximum absolute atomic E-state index is 11.7. The van der Waals surface area contributed by atoms with E-state index in [2.05, 4.69) is 21.5 Å². The van der Waals surface area contributed by atoms with Crippen LogP contribution in [0, 0.1) is 6.92 Å². The molecular weight excluding hydrogens is 470 g/mol. The number of H-pyrrole nitrogens is 1. The monoisotopic (exact) mass is 503 g/mol. The van der Waals surface area contributed by atoms with E-state index in [9.17, 15) is 4.79 Å². The zero-order valence-corrected chi connectivity index (χ0v) is 21.5. The first-order chi connectivity index (χ1) is 17.8. The van der Waals surface area contributed by atoms with Gasteiger partial charge in [-0.05, 0) is 49.8 Å². The SMILES string of the molecule is C=C/C(=C\C(N)=C(/C)OC1CCN(C(=O)CO)CC1)c1ncnc2[nH]c(-c3ccc(OC)cc3C)cc12. The number of ether oxygens (including phenoxy) is 2. The molecule has 1 aromatic carbocycles. The summed E-state index contributed by atoms with van der Waals surface area (Å²) in [5.41, 5.74) is 12.1. The molecular formula is C28H33N5O4. The van der Waals surface area contributed by atoms with E-state index in [-0.39, 0.29) is 12.0 Å². The van der Waals surface area contributed by atoms with Crippen LogP contribution in [0.25, 0.3) is 27.9 Å². The average molecular weight is 504 g/mol. The van der Waals surface area contributed by atoms with Crippen LogP contribution in [0.2, 0.25) is 0 Å². The predicted octanol–water partition coefficient (Wildman–Crippen LogP) is 3.70. The number of aliphatic hydroxyl groups excluding tert-OH is 1. The summed E-state index contributed by atoms with van der Waals surface area (Å²) in [5, 5.41) is 9.91. The lowest BCUT2D eigenvalue weighted by Crippen LogP contribution is -2.42. The van der Waals surface area contributed by atoms with Gasteiger partial charge in [-0.2, -0.15) is 0 Å². The molecule has 0 aliphatic carbocycles. The summed E-state index contributed by atoms with van der Waals surface area (Å²) >= 11 is 0. The summed E-state index contributed by atoms with van der Waals surface area (Å²) in [6, 6.07) is 7.96. The lowest BCUT2D eigenvalue weighted by atomic mass is 10.0. The molecule has 37 heavy (non-hydrogen) atoms. The number of benzene rings is 1. The number of aryl methyl sites for hydroxylation is 1. The molecule has 9 nitrogen and oxygen atoms in total. The van der Waals surface area contributed by atoms with Gasteiger partial charge in [-0.15, -0.1) is 0 Å². The highest BCUT2D eigenvalue weighted by molar-refractivity contribution is 5.94. The Labute approximate surface area is 216 Å². The third-order valence-electron chi connectivity index (χ3n) is 6.63. The number of carbonyl (C=O) groups excluding carboxylic acids is 1. The zero-order valence-electron chi connectivity index (χ0n) is 21.5. The van der Waals surface area contributed by atoms with E-state index in [1.54, 1.807) is 24.2 Å². The molecule has 1 aliphatic rings. The Balaban J connectivity index is 1.58. The van der Waals surface area contributed by atoms with Crippen molar-refractivity contribution in [3.05, 3.63) is 72.0 Å². The van der Waals surface area contributed by atoms with Gasteiger partial charge in [0, 0.05) is 48.1 Å². The lowest BCUT2D eigenvalue weighted by Gasteiger charge is -2.32. The van der Waals surface area contributed by atoms with Crippen molar-refractivity contribution in [3.8, 4) is 17.0 Å². The molecule has 3 heterocycles. The van der Waals surface area contributed by atoms with Gasteiger partial charge in [0.05, 0.1) is 18.5 Å². The van der Waals surface area contributed by atoms with Gasteiger partial charge in [0.1, 0.15) is 36.2 Å². The second kappa shape index (κ2) is 11.3. The van der Waals surface area contributed by atoms with Gasteiger partial charge in [0.25, 0.3) is 0 Å². The predicted molar refractivity (Wildman–Crippen MR) is 143 cm³/mol. The highest BCUT2D eigenvalue weighted by Gasteiger charge is 2.23. The van der Waals surface area contributed by atoms with Gasteiger partial charge in [0.15, 0.2) is 0 Å². The van der Waals surface area contributed by atoms with Gasteiger partial charge in [-0.25, -0.2) is 9.97 Å². The van der Waals surface area contributed by atoms with Crippen molar-refractivity contribution in [1.29, 1.82) is 0 Å². The smallest absolute Gasteiger partial charge is 0.248 e. The van der Waals surface area contributed by atoms with E-state index in [0.29, 0.717) is 48.7 Å². The van der Waals surface area contributed by atoms with Crippen LogP contribution in [0.15, 0.2) is 60.8 Å². The van der Waals surface area contributed by atoms with Crippen molar-refractivity contribution in [2.24, 2.45) is 5.73 Å². The van der Waals surface area contributed by atoms with E-state index in [0.717, 1.165) is 33.5 Å². The van der Waals surface area contributed by atoms with E-state index in [1.165, 1.54) is 6.33 Å². The van der Waals surface area contributed by atoms with Gasteiger partial charge in [0.2, 0.25) is 5.91 Å². The molecule has 2 aromatic heterocycles. The first-order valence-electron chi connectivity index (χ1n) is 12.2. The molecule has 4 N–H and O–H groups in total. The number of piperidine rings is 1. The first kappa shape index (κ1) is 26.0. The number of aliphatic hydroxyl groups is 1. The van der Waals surface area contributed by atoms with Crippen LogP contribution in [-0.2, 0) is 9.53 Å². The van der Waals surface area contributed by atoms with E-state index in [1.807, 2.05) is 38.1 Å². The Kier molecular flexibility index (Phi) is 7.93. The minimum Gasteiger partial charge on any atom is -0.497 e. The molecule has 0 radical (unpaired) electrons. The van der Waals surface area contributed by atoms with Crippen LogP contribution >= 0.6 is 0 Å². The number of likely N-dealkylation sites (tertiary alicyclic amines) is 1. The van der Waals surface area contributed by atoms with Gasteiger partial charge < -0.3 is 30.2 Å². The fourth-order valence-corrected chi connectivity index (χ4v) is 4.51. The number of fused-ring (bicyclic) bond motifs is 1. The number of allylic oxidation sites excluding steroid dienone is 4. The summed E-state index contributed by atoms with van der Waals surface area (Å²) < 4.78 is 11.4. The number of hydrogen-bond acceptors (Lipinski definition) is 7. The molecule has 0 unspecified atom stereocenters. The maximum Gasteiger partial charge on any atom is 0.248 e. The summed E-state index contributed by atoms with van der Waals surface area (Å²) in [6.45, 7) is 8.47. The summed E-state index contributed by atoms with van der Waals surface area (Å²) in [5.74, 6) is 1.15. The summed E-state index contributed by atoms with van der Waals surface area (Å²) in [4.78, 5) is 25.7. The lowest BCUT2D eigenvalue weighted by molar-refractivity contribution is -0.136. The molecule has 1 aliphatic heterocycles. The van der Waals surface area contributed by atoms with E-state index < -0.39 is 6.61 Å². The minimum absolute atomic E-state index is 0.0485. The number of nitrogens with zero attached hydrogens (tertiary/aromatic N) is 3. The number of methoxy groups -OCH3 is 1. The normalized spacial score (nSPS) is 15.5. The second-order valence-corrected chi connectivity index (χ2v) is 9.02. The van der Waals surface area contributed by atoms with Crippen molar-refractivity contribution >= 4 is 22.5 Å². The molecule has 0 saturated carbocycles. The number of carbonyl (C=O) groups is 1. The Morgan fingerprint density at radius 3 is 2.70 bits per heavy atom. The summed E-state index contributed by atoms with van der Waals surface area (Å²) in [6.07, 6.45) is 6.34. The number of nitrogens with two attached hydrogens (primary N) is 1. The molecule has 1 amide bonds. The second-order valence-electron chi connectivity index (χ2n) is 9.02. The average Bonchev–Trinajstić information content (AvgIpc) is 3.35. The molecule has 9 heteroatoms. The number of aromatic nitrogens is 3. The first-order valence-corrected chi connectivity index (χ1v) is 12.2. The van der Waals surface area contributed by atoms with Gasteiger partial charge >= 0.3 is 0 Å². The molecule has 4 rings (SSSR count).